The summed E-state index contributed by atoms with van der Waals surface area (Å²) < 4.78 is 123. The molecule has 0 aromatic carbocycles. The first-order valence-corrected chi connectivity index (χ1v) is 11.2. The van der Waals surface area contributed by atoms with E-state index in [4.69, 9.17) is 30.7 Å². The summed E-state index contributed by atoms with van der Waals surface area (Å²) in [6.07, 6.45) is 5.12. The van der Waals surface area contributed by atoms with Gasteiger partial charge in [0.1, 0.15) is 17.2 Å². The number of carbonyl (C=O) groups is 2. The Kier molecular flexibility index (Phi) is 25.3. The number of alkyl halides is 6. The van der Waals surface area contributed by atoms with Gasteiger partial charge in [-0.1, -0.05) is 0 Å². The van der Waals surface area contributed by atoms with E-state index in [0.29, 0.717) is 6.42 Å². The predicted octanol–water partition coefficient (Wildman–Crippen LogP) is 3.02. The molecule has 0 aromatic rings. The summed E-state index contributed by atoms with van der Waals surface area (Å²) >= 11 is 0. The molecule has 1 aliphatic carbocycles. The number of fused-ring (bicyclic) bond motifs is 1. The molecule has 1 aliphatic heterocycles. The number of ether oxygens (including phenoxy) is 1. The normalized spacial score (nSPS) is 23.3. The van der Waals surface area contributed by atoms with Gasteiger partial charge in [-0.25, -0.2) is 16.8 Å². The Bertz CT molecular complexity index is 923. The molecular weight excluding hydrogens is 763 g/mol. The third-order valence-electron chi connectivity index (χ3n) is 4.75. The molecule has 38 heavy (non-hydrogen) atoms. The van der Waals surface area contributed by atoms with Gasteiger partial charge < -0.3 is 44.6 Å². The van der Waals surface area contributed by atoms with E-state index >= 15 is 0 Å². The summed E-state index contributed by atoms with van der Waals surface area (Å²) in [5.74, 6) is 0.369. The summed E-state index contributed by atoms with van der Waals surface area (Å²) in [7, 11) is -12.2. The number of carbonyl (C=O) groups excluding carboxylic acids is 2. The summed E-state index contributed by atoms with van der Waals surface area (Å²) in [6.45, 7) is 5.20. The molecule has 0 aromatic heterocycles. The van der Waals surface area contributed by atoms with Crippen molar-refractivity contribution in [2.24, 2.45) is 17.8 Å². The predicted molar refractivity (Wildman–Crippen MR) is 116 cm³/mol. The van der Waals surface area contributed by atoms with Crippen molar-refractivity contribution in [1.82, 2.24) is 30.8 Å². The fourth-order valence-corrected chi connectivity index (χ4v) is 3.04. The first kappa shape index (κ1) is 53.0. The van der Waals surface area contributed by atoms with Gasteiger partial charge >= 0.3 is 30.8 Å². The van der Waals surface area contributed by atoms with Gasteiger partial charge in [-0.2, -0.15) is 26.3 Å². The van der Waals surface area contributed by atoms with Crippen molar-refractivity contribution in [3.63, 3.8) is 0 Å². The molecule has 14 nitrogen and oxygen atoms in total. The minimum Gasteiger partial charge on any atom is -0.741 e. The van der Waals surface area contributed by atoms with Crippen molar-refractivity contribution in [1.29, 1.82) is 0 Å². The van der Waals surface area contributed by atoms with Crippen LogP contribution in [0.4, 0.5) is 26.3 Å². The Morgan fingerprint density at radius 2 is 1.13 bits per heavy atom. The maximum Gasteiger partial charge on any atom is 2.00 e. The van der Waals surface area contributed by atoms with E-state index < -0.39 is 36.9 Å². The number of hydrogen-bond acceptors (Lipinski definition) is 14. The van der Waals surface area contributed by atoms with Crippen LogP contribution in [0.25, 0.3) is 0 Å². The van der Waals surface area contributed by atoms with Gasteiger partial charge in [0.25, 0.3) is 0 Å². The molecule has 0 bridgehead atoms. The molecule has 0 saturated heterocycles. The van der Waals surface area contributed by atoms with Gasteiger partial charge in [-0.3, -0.25) is 9.59 Å². The zero-order chi connectivity index (χ0) is 25.9. The van der Waals surface area contributed by atoms with Crippen molar-refractivity contribution >= 4 is 31.8 Å². The standard InChI is InChI=1S/C13H18O3.2CHF3O3S.5H3N.Os/c1-8(14)10-6-11-4-5-16-13(11,3)12(7-10)9(2)15;2*2-1(3,4)8(5,6)7;;;;;;/h4-5,10-12H,6-7H2,1-3H3;2*(H,5,6,7);5*1H3;/q;;;;;;;;+2/p-2/t10?,11-,12?,13-;;;;;;;;/m0......../s1. The molecule has 2 aliphatic rings. The molecule has 23 heteroatoms. The van der Waals surface area contributed by atoms with Crippen LogP contribution in [0, 0.1) is 17.8 Å². The third kappa shape index (κ3) is 14.8. The SMILES string of the molecule is CC(=O)C1CC(C(C)=O)[C@@]2(C)OC=C[C@H]2C1.N.N.N.N.N.O=S(=O)([O-])C(F)(F)F.O=S(=O)([O-])C(F)(F)F.[Os+2]. The van der Waals surface area contributed by atoms with Crippen LogP contribution in [0.5, 0.6) is 0 Å². The number of rotatable bonds is 2. The summed E-state index contributed by atoms with van der Waals surface area (Å²) in [5, 5.41) is 0. The minimum atomic E-state index is -6.09. The molecule has 15 N–H and O–H groups in total. The fourth-order valence-electron chi connectivity index (χ4n) is 3.04. The smallest absolute Gasteiger partial charge is 0.741 e. The first-order valence-electron chi connectivity index (χ1n) is 8.34. The average molecular weight is 796 g/mol. The summed E-state index contributed by atoms with van der Waals surface area (Å²) in [6, 6.07) is 0. The van der Waals surface area contributed by atoms with Gasteiger partial charge in [-0.05, 0) is 39.7 Å². The topological polar surface area (TPSA) is 333 Å². The summed E-state index contributed by atoms with van der Waals surface area (Å²) in [5.41, 5.74) is -11.7. The Morgan fingerprint density at radius 1 is 0.816 bits per heavy atom. The molecule has 4 atom stereocenters. The van der Waals surface area contributed by atoms with Crippen molar-refractivity contribution in [3.8, 4) is 0 Å². The maximum absolute atomic E-state index is 11.7. The third-order valence-corrected chi connectivity index (χ3v) is 5.89. The number of Topliss-reactive ketones (excluding diaryl/α,β-unsaturated/α-hetero) is 2. The maximum atomic E-state index is 11.7. The van der Waals surface area contributed by atoms with Crippen LogP contribution in [-0.2, 0) is 54.4 Å². The van der Waals surface area contributed by atoms with E-state index in [2.05, 4.69) is 0 Å². The van der Waals surface area contributed by atoms with E-state index in [1.165, 1.54) is 0 Å². The molecule has 0 spiro atoms. The second-order valence-electron chi connectivity index (χ2n) is 6.98. The van der Waals surface area contributed by atoms with Gasteiger partial charge in [0.2, 0.25) is 0 Å². The van der Waals surface area contributed by atoms with Crippen LogP contribution in [-0.4, -0.2) is 54.1 Å². The average Bonchev–Trinajstić information content (AvgIpc) is 2.92. The van der Waals surface area contributed by atoms with Crippen LogP contribution < -0.4 is 30.8 Å². The zero-order valence-electron chi connectivity index (χ0n) is 20.4. The molecule has 1 saturated carbocycles. The molecular formula is C15H33F6N5O9OsS2. The zero-order valence-corrected chi connectivity index (χ0v) is 24.6. The van der Waals surface area contributed by atoms with Crippen LogP contribution in [0.3, 0.4) is 0 Å². The van der Waals surface area contributed by atoms with Gasteiger partial charge in [0, 0.05) is 11.8 Å². The largest absolute Gasteiger partial charge is 2.00 e. The molecule has 1 heterocycles. The Balaban J connectivity index is -0.0000000768. The van der Waals surface area contributed by atoms with Gasteiger partial charge in [0.15, 0.2) is 20.2 Å². The Hall–Kier alpha value is -1.28. The molecule has 234 valence electrons. The van der Waals surface area contributed by atoms with E-state index in [1.54, 1.807) is 20.1 Å². The van der Waals surface area contributed by atoms with Crippen LogP contribution in [0.15, 0.2) is 12.3 Å². The molecule has 0 radical (unpaired) electrons. The monoisotopic (exact) mass is 797 g/mol. The van der Waals surface area contributed by atoms with Gasteiger partial charge in [0.05, 0.1) is 12.2 Å². The van der Waals surface area contributed by atoms with E-state index in [0.717, 1.165) is 6.42 Å². The van der Waals surface area contributed by atoms with Crippen molar-refractivity contribution in [3.05, 3.63) is 12.3 Å². The van der Waals surface area contributed by atoms with E-state index in [9.17, 15) is 35.9 Å². The minimum absolute atomic E-state index is 0. The van der Waals surface area contributed by atoms with Crippen molar-refractivity contribution in [2.45, 2.75) is 50.2 Å². The fraction of sp³-hybridized carbons (Fsp3) is 0.733. The van der Waals surface area contributed by atoms with Crippen molar-refractivity contribution < 1.29 is 86.4 Å². The molecule has 2 rings (SSSR count). The quantitative estimate of drug-likeness (QED) is 0.152. The van der Waals surface area contributed by atoms with Crippen LogP contribution >= 0.6 is 0 Å². The number of halogens is 6. The molecule has 1 fully saturated rings. The summed E-state index contributed by atoms with van der Waals surface area (Å²) in [4.78, 5) is 23.2. The second kappa shape index (κ2) is 18.1. The Morgan fingerprint density at radius 3 is 1.37 bits per heavy atom. The van der Waals surface area contributed by atoms with Crippen LogP contribution in [0.1, 0.15) is 33.6 Å². The van der Waals surface area contributed by atoms with Gasteiger partial charge in [-0.15, -0.1) is 0 Å². The number of hydrogen-bond donors (Lipinski definition) is 5. The van der Waals surface area contributed by atoms with E-state index in [-0.39, 0.29) is 79.9 Å². The molecule has 2 unspecified atom stereocenters. The first-order chi connectivity index (χ1) is 13.9. The number of ketones is 2. The second-order valence-corrected chi connectivity index (χ2v) is 9.72. The van der Waals surface area contributed by atoms with E-state index in [1.807, 2.05) is 13.0 Å². The molecule has 0 amide bonds. The van der Waals surface area contributed by atoms with Crippen molar-refractivity contribution in [2.75, 3.05) is 0 Å². The van der Waals surface area contributed by atoms with Crippen LogP contribution in [0.2, 0.25) is 0 Å². The Labute approximate surface area is 229 Å².